The Kier molecular flexibility index (Phi) is 3.58. The molecule has 1 aliphatic heterocycles. The number of nitrogens with one attached hydrogen (secondary N) is 1. The number of nitrogens with zero attached hydrogens (tertiary/aromatic N) is 1. The highest BCUT2D eigenvalue weighted by Gasteiger charge is 2.48. The van der Waals surface area contributed by atoms with Gasteiger partial charge in [-0.25, -0.2) is 4.98 Å². The molecule has 1 amide bonds. The Morgan fingerprint density at radius 2 is 1.54 bits per heavy atom. The zero-order valence-corrected chi connectivity index (χ0v) is 14.2. The van der Waals surface area contributed by atoms with Gasteiger partial charge in [0.25, 0.3) is 5.91 Å². The molecule has 0 bridgehead atoms. The Labute approximate surface area is 147 Å². The van der Waals surface area contributed by atoms with Gasteiger partial charge < -0.3 is 10.1 Å². The van der Waals surface area contributed by atoms with E-state index in [1.807, 2.05) is 60.7 Å². The van der Waals surface area contributed by atoms with Crippen LogP contribution in [0.1, 0.15) is 11.1 Å². The zero-order chi connectivity index (χ0) is 16.6. The third-order valence-electron chi connectivity index (χ3n) is 4.00. The van der Waals surface area contributed by atoms with Gasteiger partial charge in [0, 0.05) is 21.8 Å². The van der Waals surface area contributed by atoms with Crippen LogP contribution in [0.15, 0.2) is 77.4 Å². The van der Waals surface area contributed by atoms with Crippen molar-refractivity contribution in [2.75, 3.05) is 5.32 Å². The minimum Gasteiger partial charge on any atom is -0.449 e. The molecule has 2 heterocycles. The largest absolute Gasteiger partial charge is 0.449 e. The lowest BCUT2D eigenvalue weighted by Gasteiger charge is -2.37. The lowest BCUT2D eigenvalue weighted by Crippen LogP contribution is -2.49. The monoisotopic (exact) mass is 380 g/mol. The average Bonchev–Trinajstić information content (AvgIpc) is 2.63. The van der Waals surface area contributed by atoms with E-state index in [9.17, 15) is 4.79 Å². The number of aromatic nitrogens is 1. The summed E-state index contributed by atoms with van der Waals surface area (Å²) >= 11 is 3.36. The maximum Gasteiger partial charge on any atom is 0.278 e. The van der Waals surface area contributed by atoms with Crippen LogP contribution in [0, 0.1) is 0 Å². The molecule has 24 heavy (non-hydrogen) atoms. The molecule has 0 aliphatic carbocycles. The lowest BCUT2D eigenvalue weighted by atomic mass is 9.84. The van der Waals surface area contributed by atoms with E-state index < -0.39 is 5.60 Å². The Morgan fingerprint density at radius 3 is 2.12 bits per heavy atom. The van der Waals surface area contributed by atoms with Crippen LogP contribution in [0.5, 0.6) is 5.88 Å². The first-order valence-corrected chi connectivity index (χ1v) is 8.26. The molecule has 1 N–H and O–H groups in total. The van der Waals surface area contributed by atoms with Crippen molar-refractivity contribution in [3.63, 3.8) is 0 Å². The van der Waals surface area contributed by atoms with Gasteiger partial charge in [-0.3, -0.25) is 4.79 Å². The maximum absolute atomic E-state index is 13.1. The number of anilines is 1. The molecule has 0 saturated carbocycles. The second kappa shape index (κ2) is 5.76. The molecule has 4 rings (SSSR count). The molecule has 0 spiro atoms. The fourth-order valence-electron chi connectivity index (χ4n) is 2.89. The fraction of sp³-hybridized carbons (Fsp3) is 0.0526. The van der Waals surface area contributed by atoms with Crippen molar-refractivity contribution in [1.29, 1.82) is 0 Å². The van der Waals surface area contributed by atoms with E-state index in [1.165, 1.54) is 0 Å². The summed E-state index contributed by atoms with van der Waals surface area (Å²) in [4.78, 5) is 17.4. The standard InChI is InChI=1S/C19H13BrN2O2/c20-15-11-16-17(21-12-15)24-19(18(23)22-16,13-7-3-1-4-8-13)14-9-5-2-6-10-14/h1-12H,(H,22,23). The minimum atomic E-state index is -1.27. The highest BCUT2D eigenvalue weighted by atomic mass is 79.9. The smallest absolute Gasteiger partial charge is 0.278 e. The Hall–Kier alpha value is -2.66. The van der Waals surface area contributed by atoms with Crippen LogP contribution in [0.2, 0.25) is 0 Å². The summed E-state index contributed by atoms with van der Waals surface area (Å²) < 4.78 is 6.99. The fourth-order valence-corrected chi connectivity index (χ4v) is 3.22. The average molecular weight is 381 g/mol. The number of benzene rings is 2. The predicted octanol–water partition coefficient (Wildman–Crippen LogP) is 4.12. The van der Waals surface area contributed by atoms with E-state index in [1.54, 1.807) is 12.3 Å². The highest BCUT2D eigenvalue weighted by Crippen LogP contribution is 2.42. The summed E-state index contributed by atoms with van der Waals surface area (Å²) in [6, 6.07) is 20.7. The normalized spacial score (nSPS) is 15.1. The molecule has 2 aromatic carbocycles. The van der Waals surface area contributed by atoms with Gasteiger partial charge in [-0.2, -0.15) is 0 Å². The number of hydrogen-bond acceptors (Lipinski definition) is 3. The van der Waals surface area contributed by atoms with E-state index in [0.29, 0.717) is 11.6 Å². The molecule has 0 radical (unpaired) electrons. The van der Waals surface area contributed by atoms with Gasteiger partial charge in [0.2, 0.25) is 11.5 Å². The van der Waals surface area contributed by atoms with Crippen LogP contribution in [0.25, 0.3) is 0 Å². The summed E-state index contributed by atoms with van der Waals surface area (Å²) in [5, 5.41) is 2.93. The van der Waals surface area contributed by atoms with Crippen molar-refractivity contribution in [3.8, 4) is 5.88 Å². The summed E-state index contributed by atoms with van der Waals surface area (Å²) in [5.74, 6) is 0.151. The summed E-state index contributed by atoms with van der Waals surface area (Å²) in [5.41, 5.74) is 0.793. The van der Waals surface area contributed by atoms with E-state index in [-0.39, 0.29) is 5.91 Å². The van der Waals surface area contributed by atoms with Crippen molar-refractivity contribution in [2.45, 2.75) is 5.60 Å². The number of hydrogen-bond donors (Lipinski definition) is 1. The van der Waals surface area contributed by atoms with E-state index in [4.69, 9.17) is 4.74 Å². The second-order valence-corrected chi connectivity index (χ2v) is 6.39. The van der Waals surface area contributed by atoms with Crippen LogP contribution in [-0.4, -0.2) is 10.9 Å². The first kappa shape index (κ1) is 14.9. The number of carbonyl (C=O) groups excluding carboxylic acids is 1. The number of halogens is 1. The number of amides is 1. The molecule has 0 saturated heterocycles. The van der Waals surface area contributed by atoms with E-state index in [0.717, 1.165) is 15.6 Å². The maximum atomic E-state index is 13.1. The van der Waals surface area contributed by atoms with Crippen LogP contribution in [0.3, 0.4) is 0 Å². The molecular weight excluding hydrogens is 368 g/mol. The SMILES string of the molecule is O=C1Nc2cc(Br)cnc2OC1(c1ccccc1)c1ccccc1. The van der Waals surface area contributed by atoms with Gasteiger partial charge in [-0.15, -0.1) is 0 Å². The van der Waals surface area contributed by atoms with Crippen LogP contribution in [0.4, 0.5) is 5.69 Å². The summed E-state index contributed by atoms with van der Waals surface area (Å²) in [6.07, 6.45) is 1.65. The molecule has 4 nitrogen and oxygen atoms in total. The summed E-state index contributed by atoms with van der Waals surface area (Å²) in [7, 11) is 0. The molecular formula is C19H13BrN2O2. The first-order chi connectivity index (χ1) is 11.7. The molecule has 0 fully saturated rings. The van der Waals surface area contributed by atoms with Crippen LogP contribution >= 0.6 is 15.9 Å². The Balaban J connectivity index is 1.95. The second-order valence-electron chi connectivity index (χ2n) is 5.48. The van der Waals surface area contributed by atoms with Gasteiger partial charge >= 0.3 is 0 Å². The van der Waals surface area contributed by atoms with Crippen molar-refractivity contribution in [3.05, 3.63) is 88.5 Å². The molecule has 1 aromatic heterocycles. The predicted molar refractivity (Wildman–Crippen MR) is 94.9 cm³/mol. The molecule has 5 heteroatoms. The first-order valence-electron chi connectivity index (χ1n) is 7.47. The van der Waals surface area contributed by atoms with Gasteiger partial charge in [0.1, 0.15) is 5.69 Å². The van der Waals surface area contributed by atoms with Gasteiger partial charge in [-0.05, 0) is 22.0 Å². The van der Waals surface area contributed by atoms with Crippen molar-refractivity contribution >= 4 is 27.5 Å². The molecule has 0 unspecified atom stereocenters. The van der Waals surface area contributed by atoms with E-state index >= 15 is 0 Å². The quantitative estimate of drug-likeness (QED) is 0.727. The topological polar surface area (TPSA) is 51.2 Å². The minimum absolute atomic E-state index is 0.243. The third-order valence-corrected chi connectivity index (χ3v) is 4.43. The lowest BCUT2D eigenvalue weighted by molar-refractivity contribution is -0.130. The van der Waals surface area contributed by atoms with Gasteiger partial charge in [0.15, 0.2) is 0 Å². The van der Waals surface area contributed by atoms with Gasteiger partial charge in [-0.1, -0.05) is 60.7 Å². The van der Waals surface area contributed by atoms with Crippen LogP contribution in [-0.2, 0) is 10.4 Å². The zero-order valence-electron chi connectivity index (χ0n) is 12.6. The van der Waals surface area contributed by atoms with Crippen molar-refractivity contribution in [2.24, 2.45) is 0 Å². The summed E-state index contributed by atoms with van der Waals surface area (Å²) in [6.45, 7) is 0. The van der Waals surface area contributed by atoms with Crippen molar-refractivity contribution < 1.29 is 9.53 Å². The number of carbonyl (C=O) groups is 1. The Morgan fingerprint density at radius 1 is 0.958 bits per heavy atom. The molecule has 118 valence electrons. The Bertz CT molecular complexity index is 858. The van der Waals surface area contributed by atoms with Crippen LogP contribution < -0.4 is 10.1 Å². The van der Waals surface area contributed by atoms with Gasteiger partial charge in [0.05, 0.1) is 0 Å². The molecule has 0 atom stereocenters. The van der Waals surface area contributed by atoms with E-state index in [2.05, 4.69) is 26.2 Å². The molecule has 1 aliphatic rings. The molecule has 3 aromatic rings. The number of pyridine rings is 1. The van der Waals surface area contributed by atoms with Crippen molar-refractivity contribution in [1.82, 2.24) is 4.98 Å². The highest BCUT2D eigenvalue weighted by molar-refractivity contribution is 9.10. The number of fused-ring (bicyclic) bond motifs is 1. The number of rotatable bonds is 2. The third kappa shape index (κ3) is 2.29. The number of ether oxygens (including phenoxy) is 1.